The summed E-state index contributed by atoms with van der Waals surface area (Å²) in [5.74, 6) is 0. The summed E-state index contributed by atoms with van der Waals surface area (Å²) < 4.78 is 0. The van der Waals surface area contributed by atoms with Crippen LogP contribution in [-0.2, 0) is 4.89 Å². The number of hydrogen-bond donors (Lipinski definition) is 1. The van der Waals surface area contributed by atoms with E-state index >= 15 is 0 Å². The molecule has 0 aromatic heterocycles. The molecule has 0 unspecified atom stereocenters. The lowest BCUT2D eigenvalue weighted by Crippen LogP contribution is -2.40. The average Bonchev–Trinajstić information content (AvgIpc) is 2.46. The fraction of sp³-hybridized carbons (Fsp3) is 1.00. The van der Waals surface area contributed by atoms with Crippen LogP contribution in [0, 0.1) is 5.41 Å². The van der Waals surface area contributed by atoms with Gasteiger partial charge in [0, 0.05) is 0 Å². The molecule has 0 amide bonds. The van der Waals surface area contributed by atoms with Gasteiger partial charge in [0.05, 0.1) is 0 Å². The van der Waals surface area contributed by atoms with Crippen LogP contribution in [0.15, 0.2) is 0 Å². The van der Waals surface area contributed by atoms with E-state index in [0.29, 0.717) is 5.41 Å². The maximum atomic E-state index is 9.29. The van der Waals surface area contributed by atoms with Gasteiger partial charge in [-0.25, -0.2) is 4.89 Å². The largest absolute Gasteiger partial charge is 0.251 e. The van der Waals surface area contributed by atoms with Crippen molar-refractivity contribution in [3.8, 4) is 0 Å². The van der Waals surface area contributed by atoms with E-state index in [1.54, 1.807) is 0 Å². The highest BCUT2D eigenvalue weighted by Gasteiger charge is 2.42. The summed E-state index contributed by atoms with van der Waals surface area (Å²) in [4.78, 5) is 4.92. The molecule has 0 saturated heterocycles. The highest BCUT2D eigenvalue weighted by atomic mass is 17.1. The quantitative estimate of drug-likeness (QED) is 0.414. The van der Waals surface area contributed by atoms with Crippen molar-refractivity contribution in [2.45, 2.75) is 103 Å². The lowest BCUT2D eigenvalue weighted by Gasteiger charge is -2.45. The van der Waals surface area contributed by atoms with E-state index in [2.05, 4.69) is 20.8 Å². The Labute approximate surface area is 119 Å². The monoisotopic (exact) mass is 270 g/mol. The predicted molar refractivity (Wildman–Crippen MR) is 81.3 cm³/mol. The van der Waals surface area contributed by atoms with Crippen molar-refractivity contribution in [2.24, 2.45) is 5.41 Å². The Morgan fingerprint density at radius 1 is 0.789 bits per heavy atom. The first-order valence-electron chi connectivity index (χ1n) is 8.48. The van der Waals surface area contributed by atoms with Crippen molar-refractivity contribution in [2.75, 3.05) is 0 Å². The second-order valence-corrected chi connectivity index (χ2v) is 6.73. The maximum Gasteiger partial charge on any atom is 0.103 e. The van der Waals surface area contributed by atoms with Crippen LogP contribution in [0.25, 0.3) is 0 Å². The molecule has 1 aliphatic carbocycles. The second kappa shape index (κ2) is 8.26. The summed E-state index contributed by atoms with van der Waals surface area (Å²) in [5.41, 5.74) is 0.318. The number of unbranched alkanes of at least 4 members (excludes halogenated alkanes) is 2. The second-order valence-electron chi connectivity index (χ2n) is 6.73. The van der Waals surface area contributed by atoms with Crippen LogP contribution < -0.4 is 0 Å². The molecule has 0 heterocycles. The first-order valence-corrected chi connectivity index (χ1v) is 8.48. The van der Waals surface area contributed by atoms with E-state index in [-0.39, 0.29) is 5.60 Å². The predicted octanol–water partition coefficient (Wildman–Crippen LogP) is 5.96. The molecule has 0 radical (unpaired) electrons. The fourth-order valence-electron chi connectivity index (χ4n) is 3.81. The molecule has 19 heavy (non-hydrogen) atoms. The molecular formula is C17H34O2. The van der Waals surface area contributed by atoms with Crippen molar-refractivity contribution in [1.82, 2.24) is 0 Å². The minimum atomic E-state index is -0.226. The average molecular weight is 270 g/mol. The summed E-state index contributed by atoms with van der Waals surface area (Å²) in [6.07, 6.45) is 14.7. The van der Waals surface area contributed by atoms with Crippen LogP contribution in [0.4, 0.5) is 0 Å². The molecule has 0 atom stereocenters. The molecule has 2 heteroatoms. The third kappa shape index (κ3) is 4.75. The molecule has 2 nitrogen and oxygen atoms in total. The lowest BCUT2D eigenvalue weighted by molar-refractivity contribution is -0.336. The van der Waals surface area contributed by atoms with Gasteiger partial charge >= 0.3 is 0 Å². The Morgan fingerprint density at radius 2 is 1.32 bits per heavy atom. The standard InChI is InChI=1S/C17H34O2/c1-4-7-10-16(11-8-5-2)12-14-17(19-18,9-6-3)15-13-16/h18H,4-15H2,1-3H3. The fourth-order valence-corrected chi connectivity index (χ4v) is 3.81. The van der Waals surface area contributed by atoms with Gasteiger partial charge in [-0.2, -0.15) is 0 Å². The van der Waals surface area contributed by atoms with Gasteiger partial charge < -0.3 is 0 Å². The van der Waals surface area contributed by atoms with Crippen molar-refractivity contribution in [3.63, 3.8) is 0 Å². The van der Waals surface area contributed by atoms with Gasteiger partial charge in [-0.05, 0) is 50.4 Å². The Bertz CT molecular complexity index is 219. The molecule has 0 aromatic rings. The first kappa shape index (κ1) is 17.0. The molecule has 1 rings (SSSR count). The normalized spacial score (nSPS) is 21.5. The van der Waals surface area contributed by atoms with Gasteiger partial charge in [-0.15, -0.1) is 0 Å². The summed E-state index contributed by atoms with van der Waals surface area (Å²) in [5, 5.41) is 9.29. The molecule has 1 N–H and O–H groups in total. The maximum absolute atomic E-state index is 9.29. The summed E-state index contributed by atoms with van der Waals surface area (Å²) >= 11 is 0. The van der Waals surface area contributed by atoms with E-state index in [1.807, 2.05) is 0 Å². The molecule has 114 valence electrons. The molecular weight excluding hydrogens is 236 g/mol. The van der Waals surface area contributed by atoms with Gasteiger partial charge in [0.15, 0.2) is 0 Å². The Balaban J connectivity index is 2.61. The highest BCUT2D eigenvalue weighted by molar-refractivity contribution is 4.93. The van der Waals surface area contributed by atoms with E-state index in [1.165, 1.54) is 51.4 Å². The zero-order valence-corrected chi connectivity index (χ0v) is 13.3. The van der Waals surface area contributed by atoms with Crippen LogP contribution in [-0.4, -0.2) is 10.9 Å². The molecule has 1 saturated carbocycles. The zero-order chi connectivity index (χ0) is 14.2. The number of hydrogen-bond acceptors (Lipinski definition) is 2. The first-order chi connectivity index (χ1) is 9.16. The third-order valence-corrected chi connectivity index (χ3v) is 5.24. The van der Waals surface area contributed by atoms with Gasteiger partial charge in [0.1, 0.15) is 5.60 Å². The Kier molecular flexibility index (Phi) is 7.38. The topological polar surface area (TPSA) is 29.5 Å². The highest BCUT2D eigenvalue weighted by Crippen LogP contribution is 2.49. The van der Waals surface area contributed by atoms with Crippen LogP contribution in [0.3, 0.4) is 0 Å². The van der Waals surface area contributed by atoms with Gasteiger partial charge in [-0.3, -0.25) is 5.26 Å². The third-order valence-electron chi connectivity index (χ3n) is 5.24. The number of rotatable bonds is 9. The molecule has 1 fully saturated rings. The van der Waals surface area contributed by atoms with Crippen molar-refractivity contribution in [3.05, 3.63) is 0 Å². The zero-order valence-electron chi connectivity index (χ0n) is 13.3. The molecule has 1 aliphatic rings. The molecule has 0 aliphatic heterocycles. The summed E-state index contributed by atoms with van der Waals surface area (Å²) in [6, 6.07) is 0. The minimum Gasteiger partial charge on any atom is -0.251 e. The van der Waals surface area contributed by atoms with E-state index in [4.69, 9.17) is 4.89 Å². The van der Waals surface area contributed by atoms with Crippen LogP contribution in [0.5, 0.6) is 0 Å². The van der Waals surface area contributed by atoms with Gasteiger partial charge in [-0.1, -0.05) is 52.9 Å². The van der Waals surface area contributed by atoms with Crippen molar-refractivity contribution in [1.29, 1.82) is 0 Å². The lowest BCUT2D eigenvalue weighted by atomic mass is 9.63. The summed E-state index contributed by atoms with van der Waals surface area (Å²) in [6.45, 7) is 6.75. The molecule has 0 spiro atoms. The van der Waals surface area contributed by atoms with Crippen molar-refractivity contribution >= 4 is 0 Å². The van der Waals surface area contributed by atoms with E-state index in [0.717, 1.165) is 25.7 Å². The Morgan fingerprint density at radius 3 is 1.68 bits per heavy atom. The van der Waals surface area contributed by atoms with Gasteiger partial charge in [0.2, 0.25) is 0 Å². The SMILES string of the molecule is CCCCC1(CCCC)CCC(CCC)(OO)CC1. The van der Waals surface area contributed by atoms with Crippen molar-refractivity contribution < 1.29 is 10.1 Å². The van der Waals surface area contributed by atoms with Crippen LogP contribution in [0.2, 0.25) is 0 Å². The van der Waals surface area contributed by atoms with Crippen LogP contribution >= 0.6 is 0 Å². The Hall–Kier alpha value is -0.0800. The van der Waals surface area contributed by atoms with E-state index < -0.39 is 0 Å². The minimum absolute atomic E-state index is 0.226. The summed E-state index contributed by atoms with van der Waals surface area (Å²) in [7, 11) is 0. The van der Waals surface area contributed by atoms with Gasteiger partial charge in [0.25, 0.3) is 0 Å². The van der Waals surface area contributed by atoms with E-state index in [9.17, 15) is 5.26 Å². The molecule has 0 bridgehead atoms. The smallest absolute Gasteiger partial charge is 0.103 e. The van der Waals surface area contributed by atoms with Crippen LogP contribution in [0.1, 0.15) is 97.8 Å². The molecule has 0 aromatic carbocycles.